The predicted molar refractivity (Wildman–Crippen MR) is 129 cm³/mol. The number of H-pyrrole nitrogens is 1. The van der Waals surface area contributed by atoms with Crippen molar-refractivity contribution in [2.45, 2.75) is 32.1 Å². The van der Waals surface area contributed by atoms with Gasteiger partial charge >= 0.3 is 0 Å². The highest BCUT2D eigenvalue weighted by Crippen LogP contribution is 2.38. The molecule has 0 aliphatic carbocycles. The highest BCUT2D eigenvalue weighted by atomic mass is 32.2. The van der Waals surface area contributed by atoms with Crippen LogP contribution in [0.1, 0.15) is 23.6 Å². The van der Waals surface area contributed by atoms with Gasteiger partial charge < -0.3 is 9.88 Å². The Kier molecular flexibility index (Phi) is 5.54. The molecule has 1 amide bonds. The van der Waals surface area contributed by atoms with Crippen LogP contribution in [0.3, 0.4) is 0 Å². The van der Waals surface area contributed by atoms with Crippen molar-refractivity contribution in [1.29, 1.82) is 0 Å². The number of hydrogen-bond donors (Lipinski definition) is 1. The fraction of sp³-hybridized carbons (Fsp3) is 0.280. The van der Waals surface area contributed by atoms with Gasteiger partial charge in [0.15, 0.2) is 9.84 Å². The molecule has 4 rings (SSSR count). The summed E-state index contributed by atoms with van der Waals surface area (Å²) in [5.74, 6) is 0.0456. The quantitative estimate of drug-likeness (QED) is 0.489. The van der Waals surface area contributed by atoms with Gasteiger partial charge in [-0.25, -0.2) is 13.4 Å². The molecule has 0 fully saturated rings. The Morgan fingerprint density at radius 3 is 2.56 bits per heavy atom. The van der Waals surface area contributed by atoms with Crippen LogP contribution in [0, 0.1) is 13.8 Å². The van der Waals surface area contributed by atoms with Crippen molar-refractivity contribution in [2.24, 2.45) is 0 Å². The van der Waals surface area contributed by atoms with E-state index in [1.807, 2.05) is 32.2 Å². The van der Waals surface area contributed by atoms with Crippen LogP contribution in [0.5, 0.6) is 0 Å². The molecule has 0 aliphatic rings. The normalized spacial score (nSPS) is 11.9. The summed E-state index contributed by atoms with van der Waals surface area (Å²) >= 11 is 0. The van der Waals surface area contributed by atoms with E-state index in [1.54, 1.807) is 44.1 Å². The predicted octanol–water partition coefficient (Wildman–Crippen LogP) is 4.42. The maximum absolute atomic E-state index is 12.5. The Hall–Kier alpha value is -3.19. The van der Waals surface area contributed by atoms with Gasteiger partial charge in [-0.05, 0) is 65.9 Å². The summed E-state index contributed by atoms with van der Waals surface area (Å²) in [5.41, 5.74) is 6.30. The van der Waals surface area contributed by atoms with Gasteiger partial charge in [-0.2, -0.15) is 0 Å². The van der Waals surface area contributed by atoms with Gasteiger partial charge in [-0.3, -0.25) is 4.79 Å². The first-order chi connectivity index (χ1) is 15.1. The molecule has 2 aromatic heterocycles. The first-order valence-electron chi connectivity index (χ1n) is 10.6. The molecule has 6 nitrogen and oxygen atoms in total. The molecule has 2 heterocycles. The average molecular weight is 450 g/mol. The smallest absolute Gasteiger partial charge is 0.226 e. The van der Waals surface area contributed by atoms with E-state index in [2.05, 4.69) is 16.0 Å². The van der Waals surface area contributed by atoms with E-state index in [0.717, 1.165) is 49.8 Å². The number of benzene rings is 2. The van der Waals surface area contributed by atoms with E-state index in [4.69, 9.17) is 0 Å². The fourth-order valence-electron chi connectivity index (χ4n) is 4.01. The average Bonchev–Trinajstić information content (AvgIpc) is 3.14. The number of hydrogen-bond acceptors (Lipinski definition) is 4. The van der Waals surface area contributed by atoms with Crippen LogP contribution in [0.25, 0.3) is 33.1 Å². The minimum Gasteiger partial charge on any atom is -0.349 e. The van der Waals surface area contributed by atoms with Crippen LogP contribution in [0.4, 0.5) is 0 Å². The molecule has 0 saturated carbocycles. The summed E-state index contributed by atoms with van der Waals surface area (Å²) in [7, 11) is 0.137. The Labute approximate surface area is 188 Å². The number of aryl methyl sites for hydroxylation is 2. The van der Waals surface area contributed by atoms with Crippen LogP contribution >= 0.6 is 0 Å². The number of nitrogens with zero attached hydrogens (tertiary/aromatic N) is 2. The first kappa shape index (κ1) is 22.0. The molecule has 0 spiro atoms. The number of likely N-dealkylation sites (N-methyl/N-ethyl adjacent to an activating group) is 1. The maximum atomic E-state index is 12.5. The fourth-order valence-corrected chi connectivity index (χ4v) is 4.93. The van der Waals surface area contributed by atoms with Gasteiger partial charge in [0, 0.05) is 31.1 Å². The summed E-state index contributed by atoms with van der Waals surface area (Å²) in [6.45, 7) is 5.64. The zero-order valence-corrected chi connectivity index (χ0v) is 19.8. The third-order valence-corrected chi connectivity index (χ3v) is 7.69. The van der Waals surface area contributed by atoms with Crippen molar-refractivity contribution in [2.75, 3.05) is 19.8 Å². The van der Waals surface area contributed by atoms with E-state index < -0.39 is 9.84 Å². The lowest BCUT2D eigenvalue weighted by Gasteiger charge is -2.15. The van der Waals surface area contributed by atoms with Crippen LogP contribution in [0.15, 0.2) is 47.5 Å². The number of carbonyl (C=O) groups is 1. The molecule has 0 unspecified atom stereocenters. The Morgan fingerprint density at radius 1 is 1.12 bits per heavy atom. The second-order valence-electron chi connectivity index (χ2n) is 8.39. The number of sulfone groups is 1. The van der Waals surface area contributed by atoms with Crippen LogP contribution in [-0.2, 0) is 21.1 Å². The topological polar surface area (TPSA) is 83.1 Å². The molecule has 7 heteroatoms. The molecule has 2 aromatic carbocycles. The summed E-state index contributed by atoms with van der Waals surface area (Å²) < 4.78 is 25.1. The molecule has 166 valence electrons. The van der Waals surface area contributed by atoms with Gasteiger partial charge in [0.2, 0.25) is 5.91 Å². The minimum absolute atomic E-state index is 0.00536. The standard InChI is InChI=1S/C25H27N3O3S/c1-6-32(30,31)19-9-7-8-17(11-19)20-12-18(13-22(29)28(4)5)16(3)24-23(20)21-10-15(2)14-26-25(21)27-24/h7-12,14H,6,13H2,1-5H3,(H,26,27). The molecule has 32 heavy (non-hydrogen) atoms. The third kappa shape index (κ3) is 3.77. The molecular formula is C25H27N3O3S. The van der Waals surface area contributed by atoms with E-state index in [9.17, 15) is 13.2 Å². The first-order valence-corrected chi connectivity index (χ1v) is 12.2. The van der Waals surface area contributed by atoms with E-state index in [-0.39, 0.29) is 18.1 Å². The number of amides is 1. The second kappa shape index (κ2) is 8.06. The number of aromatic amines is 1. The minimum atomic E-state index is -3.35. The van der Waals surface area contributed by atoms with E-state index in [1.165, 1.54) is 0 Å². The molecule has 0 radical (unpaired) electrons. The SMILES string of the molecule is CCS(=O)(=O)c1cccc(-c2cc(CC(=O)N(C)C)c(C)c3[nH]c4ncc(C)cc4c23)c1. The molecule has 0 saturated heterocycles. The Bertz CT molecular complexity index is 1470. The zero-order valence-electron chi connectivity index (χ0n) is 19.0. The van der Waals surface area contributed by atoms with Crippen molar-refractivity contribution >= 4 is 37.7 Å². The number of pyridine rings is 1. The van der Waals surface area contributed by atoms with Crippen LogP contribution < -0.4 is 0 Å². The number of carbonyl (C=O) groups excluding carboxylic acids is 1. The van der Waals surface area contributed by atoms with Crippen LogP contribution in [-0.4, -0.2) is 49.0 Å². The summed E-state index contributed by atoms with van der Waals surface area (Å²) in [6.07, 6.45) is 2.08. The van der Waals surface area contributed by atoms with Crippen molar-refractivity contribution < 1.29 is 13.2 Å². The van der Waals surface area contributed by atoms with Gasteiger partial charge in [-0.15, -0.1) is 0 Å². The maximum Gasteiger partial charge on any atom is 0.226 e. The van der Waals surface area contributed by atoms with Gasteiger partial charge in [-0.1, -0.05) is 19.1 Å². The molecule has 0 bridgehead atoms. The highest BCUT2D eigenvalue weighted by Gasteiger charge is 2.20. The van der Waals surface area contributed by atoms with Crippen LogP contribution in [0.2, 0.25) is 0 Å². The van der Waals surface area contributed by atoms with Gasteiger partial charge in [0.25, 0.3) is 0 Å². The third-order valence-electron chi connectivity index (χ3n) is 5.96. The molecule has 0 atom stereocenters. The summed E-state index contributed by atoms with van der Waals surface area (Å²) in [5, 5.41) is 1.97. The molecule has 1 N–H and O–H groups in total. The molecule has 0 aliphatic heterocycles. The largest absolute Gasteiger partial charge is 0.349 e. The van der Waals surface area contributed by atoms with E-state index in [0.29, 0.717) is 4.90 Å². The number of rotatable bonds is 5. The lowest BCUT2D eigenvalue weighted by Crippen LogP contribution is -2.23. The van der Waals surface area contributed by atoms with Gasteiger partial charge in [0.1, 0.15) is 5.65 Å². The molecule has 4 aromatic rings. The van der Waals surface area contributed by atoms with Gasteiger partial charge in [0.05, 0.1) is 22.6 Å². The summed E-state index contributed by atoms with van der Waals surface area (Å²) in [4.78, 5) is 22.4. The number of nitrogens with one attached hydrogen (secondary N) is 1. The van der Waals surface area contributed by atoms with Crippen molar-refractivity contribution in [3.05, 3.63) is 59.3 Å². The van der Waals surface area contributed by atoms with E-state index >= 15 is 0 Å². The Morgan fingerprint density at radius 2 is 1.88 bits per heavy atom. The van der Waals surface area contributed by atoms with Crippen molar-refractivity contribution in [1.82, 2.24) is 14.9 Å². The highest BCUT2D eigenvalue weighted by molar-refractivity contribution is 7.91. The number of fused-ring (bicyclic) bond motifs is 3. The van der Waals surface area contributed by atoms with Crippen molar-refractivity contribution in [3.8, 4) is 11.1 Å². The summed E-state index contributed by atoms with van der Waals surface area (Å²) in [6, 6.07) is 11.1. The second-order valence-corrected chi connectivity index (χ2v) is 10.7. The zero-order chi connectivity index (χ0) is 23.2. The lowest BCUT2D eigenvalue weighted by atomic mass is 9.92. The molecular weight excluding hydrogens is 422 g/mol. The Balaban J connectivity index is 2.07. The lowest BCUT2D eigenvalue weighted by molar-refractivity contribution is -0.127. The number of aromatic nitrogens is 2. The monoisotopic (exact) mass is 449 g/mol. The van der Waals surface area contributed by atoms with Crippen molar-refractivity contribution in [3.63, 3.8) is 0 Å².